The molecule has 0 radical (unpaired) electrons. The first kappa shape index (κ1) is 18.0. The lowest BCUT2D eigenvalue weighted by Crippen LogP contribution is -2.37. The van der Waals surface area contributed by atoms with E-state index in [9.17, 15) is 0 Å². The molecule has 1 fully saturated rings. The molecule has 1 N–H and O–H groups in total. The van der Waals surface area contributed by atoms with Crippen LogP contribution in [0, 0.1) is 23.7 Å². The van der Waals surface area contributed by atoms with E-state index in [0.717, 1.165) is 36.8 Å². The third-order valence-corrected chi connectivity index (χ3v) is 4.55. The molecular weight excluding hydrogens is 246 g/mol. The van der Waals surface area contributed by atoms with Crippen LogP contribution in [0.3, 0.4) is 0 Å². The van der Waals surface area contributed by atoms with Crippen LogP contribution in [-0.4, -0.2) is 25.8 Å². The number of nitrogens with one attached hydrogen (secondary N) is 1. The predicted molar refractivity (Wildman–Crippen MR) is 88.0 cm³/mol. The van der Waals surface area contributed by atoms with Crippen LogP contribution in [0.25, 0.3) is 0 Å². The normalized spacial score (nSPS) is 27.4. The van der Waals surface area contributed by atoms with E-state index >= 15 is 0 Å². The maximum Gasteiger partial charge on any atom is 0.0519 e. The van der Waals surface area contributed by atoms with E-state index in [1.807, 2.05) is 0 Å². The van der Waals surface area contributed by atoms with Crippen LogP contribution >= 0.6 is 0 Å². The fraction of sp³-hybridized carbons (Fsp3) is 1.00. The van der Waals surface area contributed by atoms with E-state index in [4.69, 9.17) is 4.74 Å². The molecule has 0 aliphatic heterocycles. The van der Waals surface area contributed by atoms with Crippen molar-refractivity contribution in [3.63, 3.8) is 0 Å². The molecule has 0 bridgehead atoms. The number of hydrogen-bond acceptors (Lipinski definition) is 2. The topological polar surface area (TPSA) is 21.3 Å². The molecule has 3 atom stereocenters. The van der Waals surface area contributed by atoms with Gasteiger partial charge in [-0.05, 0) is 63.5 Å². The van der Waals surface area contributed by atoms with Crippen molar-refractivity contribution < 1.29 is 4.74 Å². The van der Waals surface area contributed by atoms with Crippen molar-refractivity contribution in [1.82, 2.24) is 5.32 Å². The fourth-order valence-corrected chi connectivity index (χ4v) is 3.44. The van der Waals surface area contributed by atoms with Crippen molar-refractivity contribution in [1.29, 1.82) is 0 Å². The first-order valence-corrected chi connectivity index (χ1v) is 8.85. The van der Waals surface area contributed by atoms with Crippen molar-refractivity contribution in [2.24, 2.45) is 23.7 Å². The average Bonchev–Trinajstić information content (AvgIpc) is 2.38. The van der Waals surface area contributed by atoms with E-state index in [1.165, 1.54) is 38.6 Å². The van der Waals surface area contributed by atoms with Gasteiger partial charge in [-0.15, -0.1) is 0 Å². The predicted octanol–water partition coefficient (Wildman–Crippen LogP) is 4.49. The van der Waals surface area contributed by atoms with Gasteiger partial charge in [0.1, 0.15) is 0 Å². The number of ether oxygens (including phenoxy) is 1. The van der Waals surface area contributed by atoms with Gasteiger partial charge in [0, 0.05) is 0 Å². The quantitative estimate of drug-likeness (QED) is 0.673. The molecule has 1 saturated carbocycles. The van der Waals surface area contributed by atoms with Gasteiger partial charge < -0.3 is 10.1 Å². The zero-order valence-electron chi connectivity index (χ0n) is 14.5. The highest BCUT2D eigenvalue weighted by Crippen LogP contribution is 2.36. The molecule has 3 unspecified atom stereocenters. The van der Waals surface area contributed by atoms with Gasteiger partial charge in [0.25, 0.3) is 0 Å². The van der Waals surface area contributed by atoms with E-state index in [1.54, 1.807) is 0 Å². The molecule has 120 valence electrons. The van der Waals surface area contributed by atoms with Gasteiger partial charge in [0.15, 0.2) is 0 Å². The number of hydrogen-bond donors (Lipinski definition) is 1. The zero-order chi connectivity index (χ0) is 15.0. The van der Waals surface area contributed by atoms with Crippen LogP contribution in [-0.2, 0) is 4.74 Å². The Morgan fingerprint density at radius 2 is 1.85 bits per heavy atom. The SMILES string of the molecule is CCCC1CCC(CNCC(C)C)C(COC(C)C)C1. The molecule has 2 nitrogen and oxygen atoms in total. The third-order valence-electron chi connectivity index (χ3n) is 4.55. The van der Waals surface area contributed by atoms with Crippen LogP contribution in [0.15, 0.2) is 0 Å². The lowest BCUT2D eigenvalue weighted by atomic mass is 9.73. The summed E-state index contributed by atoms with van der Waals surface area (Å²) in [5.74, 6) is 3.28. The first-order chi connectivity index (χ1) is 9.52. The molecule has 20 heavy (non-hydrogen) atoms. The fourth-order valence-electron chi connectivity index (χ4n) is 3.44. The first-order valence-electron chi connectivity index (χ1n) is 8.85. The molecule has 1 rings (SSSR count). The summed E-state index contributed by atoms with van der Waals surface area (Å²) in [5.41, 5.74) is 0. The Kier molecular flexibility index (Phi) is 8.79. The van der Waals surface area contributed by atoms with Crippen molar-refractivity contribution in [3.05, 3.63) is 0 Å². The molecule has 2 heteroatoms. The second-order valence-electron chi connectivity index (χ2n) is 7.42. The Labute approximate surface area is 127 Å². The van der Waals surface area contributed by atoms with Crippen LogP contribution in [0.1, 0.15) is 66.7 Å². The summed E-state index contributed by atoms with van der Waals surface area (Å²) in [4.78, 5) is 0. The minimum absolute atomic E-state index is 0.367. The zero-order valence-corrected chi connectivity index (χ0v) is 14.5. The Morgan fingerprint density at radius 1 is 1.10 bits per heavy atom. The molecule has 1 aliphatic carbocycles. The standard InChI is InChI=1S/C18H37NO/c1-6-7-16-8-9-17(12-19-11-14(2)3)18(10-16)13-20-15(4)5/h14-19H,6-13H2,1-5H3. The molecule has 0 spiro atoms. The van der Waals surface area contributed by atoms with Crippen LogP contribution in [0.5, 0.6) is 0 Å². The largest absolute Gasteiger partial charge is 0.378 e. The van der Waals surface area contributed by atoms with Crippen molar-refractivity contribution in [3.8, 4) is 0 Å². The van der Waals surface area contributed by atoms with E-state index in [0.29, 0.717) is 6.10 Å². The summed E-state index contributed by atoms with van der Waals surface area (Å²) in [6.07, 6.45) is 7.31. The van der Waals surface area contributed by atoms with Gasteiger partial charge in [0.05, 0.1) is 12.7 Å². The Bertz CT molecular complexity index is 240. The van der Waals surface area contributed by atoms with Crippen molar-refractivity contribution in [2.45, 2.75) is 72.8 Å². The Morgan fingerprint density at radius 3 is 2.45 bits per heavy atom. The Balaban J connectivity index is 2.42. The number of rotatable bonds is 9. The highest BCUT2D eigenvalue weighted by molar-refractivity contribution is 4.81. The van der Waals surface area contributed by atoms with Crippen LogP contribution < -0.4 is 5.32 Å². The second-order valence-corrected chi connectivity index (χ2v) is 7.42. The van der Waals surface area contributed by atoms with E-state index in [2.05, 4.69) is 39.9 Å². The molecule has 0 saturated heterocycles. The highest BCUT2D eigenvalue weighted by Gasteiger charge is 2.30. The molecule has 0 amide bonds. The summed E-state index contributed by atoms with van der Waals surface area (Å²) in [6.45, 7) is 14.5. The van der Waals surface area contributed by atoms with Gasteiger partial charge >= 0.3 is 0 Å². The van der Waals surface area contributed by atoms with Gasteiger partial charge in [0.2, 0.25) is 0 Å². The molecule has 0 aromatic rings. The molecule has 1 aliphatic rings. The lowest BCUT2D eigenvalue weighted by molar-refractivity contribution is 0.0115. The summed E-state index contributed by atoms with van der Waals surface area (Å²) < 4.78 is 5.94. The summed E-state index contributed by atoms with van der Waals surface area (Å²) in [6, 6.07) is 0. The van der Waals surface area contributed by atoms with Crippen LogP contribution in [0.4, 0.5) is 0 Å². The monoisotopic (exact) mass is 283 g/mol. The smallest absolute Gasteiger partial charge is 0.0519 e. The van der Waals surface area contributed by atoms with E-state index in [-0.39, 0.29) is 0 Å². The van der Waals surface area contributed by atoms with Gasteiger partial charge in [-0.2, -0.15) is 0 Å². The van der Waals surface area contributed by atoms with Gasteiger partial charge in [-0.25, -0.2) is 0 Å². The summed E-state index contributed by atoms with van der Waals surface area (Å²) in [7, 11) is 0. The Hall–Kier alpha value is -0.0800. The highest BCUT2D eigenvalue weighted by atomic mass is 16.5. The average molecular weight is 284 g/mol. The minimum Gasteiger partial charge on any atom is -0.378 e. The minimum atomic E-state index is 0.367. The van der Waals surface area contributed by atoms with Crippen LogP contribution in [0.2, 0.25) is 0 Å². The third kappa shape index (κ3) is 7.08. The van der Waals surface area contributed by atoms with E-state index < -0.39 is 0 Å². The summed E-state index contributed by atoms with van der Waals surface area (Å²) in [5, 5.41) is 3.66. The maximum absolute atomic E-state index is 5.94. The maximum atomic E-state index is 5.94. The van der Waals surface area contributed by atoms with Gasteiger partial charge in [-0.3, -0.25) is 0 Å². The van der Waals surface area contributed by atoms with Gasteiger partial charge in [-0.1, -0.05) is 40.0 Å². The molecule has 0 aromatic carbocycles. The lowest BCUT2D eigenvalue weighted by Gasteiger charge is -2.37. The van der Waals surface area contributed by atoms with Crippen molar-refractivity contribution >= 4 is 0 Å². The molecular formula is C18H37NO. The second kappa shape index (κ2) is 9.78. The summed E-state index contributed by atoms with van der Waals surface area (Å²) >= 11 is 0. The van der Waals surface area contributed by atoms with Crippen molar-refractivity contribution in [2.75, 3.05) is 19.7 Å². The molecule has 0 heterocycles. The molecule has 0 aromatic heterocycles.